The molecule has 2 fully saturated rings. The maximum Gasteiger partial charge on any atom is 0.0569 e. The molecular formula is C11H17NO. The second-order valence-corrected chi connectivity index (χ2v) is 4.27. The Labute approximate surface area is 79.9 Å². The van der Waals surface area contributed by atoms with Crippen LogP contribution in [0.25, 0.3) is 0 Å². The van der Waals surface area contributed by atoms with Crippen LogP contribution in [0.3, 0.4) is 0 Å². The Morgan fingerprint density at radius 1 is 1.54 bits per heavy atom. The molecule has 0 aliphatic carbocycles. The van der Waals surface area contributed by atoms with E-state index in [0.29, 0.717) is 5.41 Å². The average molecular weight is 179 g/mol. The van der Waals surface area contributed by atoms with Crippen LogP contribution in [0.1, 0.15) is 13.3 Å². The van der Waals surface area contributed by atoms with Crippen LogP contribution in [0.2, 0.25) is 0 Å². The van der Waals surface area contributed by atoms with Gasteiger partial charge in [-0.3, -0.25) is 4.90 Å². The van der Waals surface area contributed by atoms with Crippen LogP contribution < -0.4 is 0 Å². The molecule has 2 rings (SSSR count). The molecule has 13 heavy (non-hydrogen) atoms. The van der Waals surface area contributed by atoms with Crippen molar-refractivity contribution >= 4 is 0 Å². The number of ether oxygens (including phenoxy) is 1. The minimum atomic E-state index is 0.542. The molecule has 1 spiro atoms. The molecule has 2 aliphatic rings. The van der Waals surface area contributed by atoms with Gasteiger partial charge in [0.2, 0.25) is 0 Å². The number of hydrogen-bond acceptors (Lipinski definition) is 2. The van der Waals surface area contributed by atoms with E-state index < -0.39 is 0 Å². The summed E-state index contributed by atoms with van der Waals surface area (Å²) in [6.45, 7) is 11.3. The number of likely N-dealkylation sites (tertiary alicyclic amines) is 1. The van der Waals surface area contributed by atoms with E-state index >= 15 is 0 Å². The van der Waals surface area contributed by atoms with Crippen molar-refractivity contribution in [2.75, 3.05) is 32.8 Å². The maximum atomic E-state index is 5.22. The Balaban J connectivity index is 1.77. The normalized spacial score (nSPS) is 24.7. The molecule has 0 bridgehead atoms. The van der Waals surface area contributed by atoms with Gasteiger partial charge < -0.3 is 4.74 Å². The van der Waals surface area contributed by atoms with Crippen molar-refractivity contribution in [1.29, 1.82) is 0 Å². The van der Waals surface area contributed by atoms with Gasteiger partial charge in [-0.2, -0.15) is 0 Å². The van der Waals surface area contributed by atoms with Crippen LogP contribution in [-0.2, 0) is 4.74 Å². The molecule has 0 N–H and O–H groups in total. The lowest BCUT2D eigenvalue weighted by Crippen LogP contribution is -2.65. The minimum Gasteiger partial charge on any atom is -0.380 e. The van der Waals surface area contributed by atoms with E-state index in [1.54, 1.807) is 0 Å². The number of nitrogens with zero attached hydrogens (tertiary/aromatic N) is 1. The molecule has 0 amide bonds. The standard InChI is InChI=1S/C11H17NO/c1-3-10(4-2)5-12-6-11(7-12)8-13-9-11/h1,4-9H2,2H3. The molecule has 2 saturated heterocycles. The molecule has 2 nitrogen and oxygen atoms in total. The van der Waals surface area contributed by atoms with Gasteiger partial charge in [0, 0.05) is 25.0 Å². The zero-order valence-electron chi connectivity index (χ0n) is 8.31. The first kappa shape index (κ1) is 9.01. The van der Waals surface area contributed by atoms with Gasteiger partial charge in [-0.1, -0.05) is 13.5 Å². The predicted molar refractivity (Wildman–Crippen MR) is 52.6 cm³/mol. The third-order valence-electron chi connectivity index (χ3n) is 3.03. The van der Waals surface area contributed by atoms with Gasteiger partial charge in [0.05, 0.1) is 13.2 Å². The summed E-state index contributed by atoms with van der Waals surface area (Å²) >= 11 is 0. The summed E-state index contributed by atoms with van der Waals surface area (Å²) in [6.07, 6.45) is 1.07. The van der Waals surface area contributed by atoms with Crippen molar-refractivity contribution in [3.8, 4) is 0 Å². The molecule has 0 atom stereocenters. The summed E-state index contributed by atoms with van der Waals surface area (Å²) in [6, 6.07) is 0. The first-order valence-electron chi connectivity index (χ1n) is 4.96. The van der Waals surface area contributed by atoms with E-state index in [-0.39, 0.29) is 0 Å². The maximum absolute atomic E-state index is 5.22. The Morgan fingerprint density at radius 2 is 2.23 bits per heavy atom. The summed E-state index contributed by atoms with van der Waals surface area (Å²) in [5.74, 6) is 0. The van der Waals surface area contributed by atoms with Gasteiger partial charge in [0.25, 0.3) is 0 Å². The van der Waals surface area contributed by atoms with Gasteiger partial charge >= 0.3 is 0 Å². The highest BCUT2D eigenvalue weighted by atomic mass is 16.5. The van der Waals surface area contributed by atoms with Crippen LogP contribution in [0.5, 0.6) is 0 Å². The molecular weight excluding hydrogens is 162 g/mol. The van der Waals surface area contributed by atoms with Crippen LogP contribution in [0.4, 0.5) is 0 Å². The molecule has 0 radical (unpaired) electrons. The van der Waals surface area contributed by atoms with Crippen molar-refractivity contribution in [1.82, 2.24) is 4.90 Å². The first-order chi connectivity index (χ1) is 6.28. The lowest BCUT2D eigenvalue weighted by molar-refractivity contribution is -0.186. The van der Waals surface area contributed by atoms with Gasteiger partial charge in [0.15, 0.2) is 0 Å². The molecule has 2 heteroatoms. The molecule has 0 unspecified atom stereocenters. The Kier molecular flexibility index (Phi) is 2.29. The molecule has 0 aromatic rings. The van der Waals surface area contributed by atoms with Crippen LogP contribution >= 0.6 is 0 Å². The van der Waals surface area contributed by atoms with Crippen LogP contribution in [0.15, 0.2) is 17.9 Å². The molecule has 2 aliphatic heterocycles. The molecule has 2 heterocycles. The SMILES string of the molecule is C=C=C(CC)CN1CC2(COC2)C1. The van der Waals surface area contributed by atoms with Crippen LogP contribution in [-0.4, -0.2) is 37.7 Å². The smallest absolute Gasteiger partial charge is 0.0569 e. The Bertz CT molecular complexity index is 241. The predicted octanol–water partition coefficient (Wildman–Crippen LogP) is 1.44. The number of rotatable bonds is 3. The summed E-state index contributed by atoms with van der Waals surface area (Å²) in [7, 11) is 0. The second-order valence-electron chi connectivity index (χ2n) is 4.27. The Morgan fingerprint density at radius 3 is 2.62 bits per heavy atom. The highest BCUT2D eigenvalue weighted by Crippen LogP contribution is 2.37. The van der Waals surface area contributed by atoms with Crippen molar-refractivity contribution < 1.29 is 4.74 Å². The minimum absolute atomic E-state index is 0.542. The molecule has 0 aromatic carbocycles. The van der Waals surface area contributed by atoms with Crippen molar-refractivity contribution in [3.63, 3.8) is 0 Å². The highest BCUT2D eigenvalue weighted by Gasteiger charge is 2.48. The van der Waals surface area contributed by atoms with E-state index in [1.807, 2.05) is 0 Å². The zero-order valence-corrected chi connectivity index (χ0v) is 8.31. The van der Waals surface area contributed by atoms with Crippen LogP contribution in [0, 0.1) is 5.41 Å². The topological polar surface area (TPSA) is 12.5 Å². The fourth-order valence-electron chi connectivity index (χ4n) is 2.15. The van der Waals surface area contributed by atoms with Crippen molar-refractivity contribution in [2.24, 2.45) is 5.41 Å². The van der Waals surface area contributed by atoms with Gasteiger partial charge in [0.1, 0.15) is 0 Å². The average Bonchev–Trinajstić information content (AvgIpc) is 2.00. The number of hydrogen-bond donors (Lipinski definition) is 0. The van der Waals surface area contributed by atoms with Gasteiger partial charge in [-0.15, -0.1) is 5.73 Å². The van der Waals surface area contributed by atoms with E-state index in [2.05, 4.69) is 24.1 Å². The zero-order chi connectivity index (χ0) is 9.31. The molecule has 0 saturated carbocycles. The summed E-state index contributed by atoms with van der Waals surface area (Å²) < 4.78 is 5.22. The first-order valence-corrected chi connectivity index (χ1v) is 4.96. The fraction of sp³-hybridized carbons (Fsp3) is 0.727. The lowest BCUT2D eigenvalue weighted by atomic mass is 9.78. The van der Waals surface area contributed by atoms with E-state index in [4.69, 9.17) is 4.74 Å². The Hall–Kier alpha value is -0.560. The van der Waals surface area contributed by atoms with Crippen molar-refractivity contribution in [2.45, 2.75) is 13.3 Å². The van der Waals surface area contributed by atoms with E-state index in [9.17, 15) is 0 Å². The van der Waals surface area contributed by atoms with Gasteiger partial charge in [-0.25, -0.2) is 0 Å². The highest BCUT2D eigenvalue weighted by molar-refractivity contribution is 5.07. The summed E-state index contributed by atoms with van der Waals surface area (Å²) in [4.78, 5) is 2.46. The summed E-state index contributed by atoms with van der Waals surface area (Å²) in [5.41, 5.74) is 4.88. The monoisotopic (exact) mass is 179 g/mol. The second kappa shape index (κ2) is 3.30. The summed E-state index contributed by atoms with van der Waals surface area (Å²) in [5, 5.41) is 0. The molecule has 0 aromatic heterocycles. The third-order valence-corrected chi connectivity index (χ3v) is 3.03. The van der Waals surface area contributed by atoms with Gasteiger partial charge in [-0.05, 0) is 12.0 Å². The molecule has 72 valence electrons. The fourth-order valence-corrected chi connectivity index (χ4v) is 2.15. The van der Waals surface area contributed by atoms with E-state index in [0.717, 1.165) is 26.2 Å². The third kappa shape index (κ3) is 1.58. The van der Waals surface area contributed by atoms with E-state index in [1.165, 1.54) is 18.7 Å². The largest absolute Gasteiger partial charge is 0.380 e. The quantitative estimate of drug-likeness (QED) is 0.608. The van der Waals surface area contributed by atoms with Crippen molar-refractivity contribution in [3.05, 3.63) is 17.9 Å². The lowest BCUT2D eigenvalue weighted by Gasteiger charge is -2.55.